The largest absolute Gasteiger partial charge is 0.481 e. The van der Waals surface area contributed by atoms with Crippen molar-refractivity contribution in [2.75, 3.05) is 13.1 Å². The van der Waals surface area contributed by atoms with Crippen molar-refractivity contribution < 1.29 is 14.3 Å². The topological polar surface area (TPSA) is 40.5 Å². The van der Waals surface area contributed by atoms with Crippen LogP contribution in [0.3, 0.4) is 0 Å². The second-order valence-electron chi connectivity index (χ2n) is 7.59. The summed E-state index contributed by atoms with van der Waals surface area (Å²) >= 11 is 0. The zero-order chi connectivity index (χ0) is 20.2. The fourth-order valence-electron chi connectivity index (χ4n) is 4.18. The van der Waals surface area contributed by atoms with Crippen LogP contribution in [-0.4, -0.2) is 29.1 Å². The van der Waals surface area contributed by atoms with E-state index in [2.05, 4.69) is 41.3 Å². The highest BCUT2D eigenvalue weighted by atomic mass is 19.1. The highest BCUT2D eigenvalue weighted by Gasteiger charge is 2.30. The van der Waals surface area contributed by atoms with Gasteiger partial charge >= 0.3 is 5.97 Å². The van der Waals surface area contributed by atoms with Crippen LogP contribution in [0.5, 0.6) is 0 Å². The molecule has 4 rings (SSSR count). The van der Waals surface area contributed by atoms with Gasteiger partial charge < -0.3 is 5.11 Å². The van der Waals surface area contributed by atoms with E-state index in [0.29, 0.717) is 25.9 Å². The van der Waals surface area contributed by atoms with E-state index >= 15 is 0 Å². The van der Waals surface area contributed by atoms with Crippen molar-refractivity contribution >= 4 is 5.97 Å². The number of carboxylic acids is 1. The lowest BCUT2D eigenvalue weighted by molar-refractivity contribution is -0.143. The summed E-state index contributed by atoms with van der Waals surface area (Å²) in [5.41, 5.74) is 4.27. The second kappa shape index (κ2) is 8.58. The number of nitrogens with zero attached hydrogens (tertiary/aromatic N) is 1. The Hall–Kier alpha value is -2.98. The van der Waals surface area contributed by atoms with Gasteiger partial charge in [0.15, 0.2) is 0 Å². The molecule has 1 saturated heterocycles. The minimum Gasteiger partial charge on any atom is -0.481 e. The van der Waals surface area contributed by atoms with Crippen molar-refractivity contribution in [3.8, 4) is 11.1 Å². The monoisotopic (exact) mass is 389 g/mol. The lowest BCUT2D eigenvalue weighted by Gasteiger charge is -2.37. The number of halogens is 1. The standard InChI is InChI=1S/C25H24FNO2/c26-23-8-4-7-22(17-23)24(27-15-13-21(14-16-27)25(28)29)20-11-9-19(10-12-20)18-5-2-1-3-6-18/h1-12,17,21,24H,13-16H2,(H,28,29). The number of piperidine rings is 1. The summed E-state index contributed by atoms with van der Waals surface area (Å²) in [5, 5.41) is 9.30. The number of rotatable bonds is 5. The Balaban J connectivity index is 1.65. The van der Waals surface area contributed by atoms with Crippen molar-refractivity contribution in [3.05, 3.63) is 95.8 Å². The van der Waals surface area contributed by atoms with Gasteiger partial charge in [0.25, 0.3) is 0 Å². The minimum atomic E-state index is -0.723. The maximum atomic E-state index is 14.0. The Morgan fingerprint density at radius 3 is 2.14 bits per heavy atom. The van der Waals surface area contributed by atoms with Crippen LogP contribution < -0.4 is 0 Å². The predicted octanol–water partition coefficient (Wildman–Crippen LogP) is 5.38. The molecule has 1 aliphatic rings. The highest BCUT2D eigenvalue weighted by Crippen LogP contribution is 2.34. The summed E-state index contributed by atoms with van der Waals surface area (Å²) in [6.07, 6.45) is 1.23. The highest BCUT2D eigenvalue weighted by molar-refractivity contribution is 5.70. The summed E-state index contributed by atoms with van der Waals surface area (Å²) in [7, 11) is 0. The number of likely N-dealkylation sites (tertiary alicyclic amines) is 1. The maximum absolute atomic E-state index is 14.0. The van der Waals surface area contributed by atoms with Gasteiger partial charge in [-0.3, -0.25) is 9.69 Å². The molecular formula is C25H24FNO2. The minimum absolute atomic E-state index is 0.0923. The molecule has 1 unspecified atom stereocenters. The van der Waals surface area contributed by atoms with Crippen LogP contribution in [0.4, 0.5) is 4.39 Å². The first kappa shape index (κ1) is 19.3. The van der Waals surface area contributed by atoms with Crippen LogP contribution >= 0.6 is 0 Å². The molecular weight excluding hydrogens is 365 g/mol. The van der Waals surface area contributed by atoms with Gasteiger partial charge in [-0.1, -0.05) is 66.7 Å². The Kier molecular flexibility index (Phi) is 5.72. The Labute approximate surface area is 170 Å². The van der Waals surface area contributed by atoms with Gasteiger partial charge in [-0.2, -0.15) is 0 Å². The molecule has 1 N–H and O–H groups in total. The molecule has 3 aromatic rings. The van der Waals surface area contributed by atoms with Crippen molar-refractivity contribution in [1.29, 1.82) is 0 Å². The average Bonchev–Trinajstić information content (AvgIpc) is 2.75. The molecule has 3 aromatic carbocycles. The van der Waals surface area contributed by atoms with Gasteiger partial charge in [-0.25, -0.2) is 4.39 Å². The zero-order valence-corrected chi connectivity index (χ0v) is 16.2. The fourth-order valence-corrected chi connectivity index (χ4v) is 4.18. The predicted molar refractivity (Wildman–Crippen MR) is 112 cm³/mol. The Morgan fingerprint density at radius 1 is 0.862 bits per heavy atom. The van der Waals surface area contributed by atoms with Gasteiger partial charge in [-0.15, -0.1) is 0 Å². The van der Waals surface area contributed by atoms with Gasteiger partial charge in [0.05, 0.1) is 12.0 Å². The third-order valence-corrected chi connectivity index (χ3v) is 5.74. The summed E-state index contributed by atoms with van der Waals surface area (Å²) in [5.74, 6) is -1.27. The molecule has 148 valence electrons. The lowest BCUT2D eigenvalue weighted by Crippen LogP contribution is -2.39. The summed E-state index contributed by atoms with van der Waals surface area (Å²) in [6.45, 7) is 1.36. The van der Waals surface area contributed by atoms with E-state index in [1.807, 2.05) is 24.3 Å². The quantitative estimate of drug-likeness (QED) is 0.637. The lowest BCUT2D eigenvalue weighted by atomic mass is 9.90. The third kappa shape index (κ3) is 4.38. The number of aliphatic carboxylic acids is 1. The van der Waals surface area contributed by atoms with Gasteiger partial charge in [-0.05, 0) is 60.3 Å². The summed E-state index contributed by atoms with van der Waals surface area (Å²) in [6, 6.07) is 25.2. The molecule has 29 heavy (non-hydrogen) atoms. The fraction of sp³-hybridized carbons (Fsp3) is 0.240. The molecule has 4 heteroatoms. The number of hydrogen-bond acceptors (Lipinski definition) is 2. The molecule has 1 atom stereocenters. The number of hydrogen-bond donors (Lipinski definition) is 1. The first-order valence-corrected chi connectivity index (χ1v) is 9.99. The van der Waals surface area contributed by atoms with E-state index in [1.165, 1.54) is 6.07 Å². The normalized spacial score (nSPS) is 16.4. The van der Waals surface area contributed by atoms with Crippen LogP contribution in [-0.2, 0) is 4.79 Å². The Morgan fingerprint density at radius 2 is 1.52 bits per heavy atom. The van der Waals surface area contributed by atoms with Crippen molar-refractivity contribution in [3.63, 3.8) is 0 Å². The van der Waals surface area contributed by atoms with Crippen LogP contribution in [0.2, 0.25) is 0 Å². The molecule has 0 aliphatic carbocycles. The molecule has 0 radical (unpaired) electrons. The van der Waals surface area contributed by atoms with Crippen LogP contribution in [0, 0.1) is 11.7 Å². The molecule has 0 saturated carbocycles. The van der Waals surface area contributed by atoms with E-state index in [-0.39, 0.29) is 17.8 Å². The Bertz CT molecular complexity index is 964. The van der Waals surface area contributed by atoms with E-state index in [4.69, 9.17) is 0 Å². The van der Waals surface area contributed by atoms with Crippen LogP contribution in [0.1, 0.15) is 30.0 Å². The van der Waals surface area contributed by atoms with Crippen LogP contribution in [0.15, 0.2) is 78.9 Å². The smallest absolute Gasteiger partial charge is 0.306 e. The molecule has 0 aromatic heterocycles. The zero-order valence-electron chi connectivity index (χ0n) is 16.2. The number of benzene rings is 3. The molecule has 1 heterocycles. The average molecular weight is 389 g/mol. The van der Waals surface area contributed by atoms with E-state index in [9.17, 15) is 14.3 Å². The van der Waals surface area contributed by atoms with Crippen molar-refractivity contribution in [2.45, 2.75) is 18.9 Å². The van der Waals surface area contributed by atoms with Crippen molar-refractivity contribution in [1.82, 2.24) is 4.90 Å². The van der Waals surface area contributed by atoms with Gasteiger partial charge in [0.1, 0.15) is 5.82 Å². The molecule has 0 spiro atoms. The molecule has 1 fully saturated rings. The summed E-state index contributed by atoms with van der Waals surface area (Å²) in [4.78, 5) is 13.6. The number of carboxylic acid groups (broad SMARTS) is 1. The molecule has 0 bridgehead atoms. The van der Waals surface area contributed by atoms with E-state index in [0.717, 1.165) is 22.3 Å². The SMILES string of the molecule is O=C(O)C1CCN(C(c2ccc(-c3ccccc3)cc2)c2cccc(F)c2)CC1. The molecule has 0 amide bonds. The first-order chi connectivity index (χ1) is 14.1. The van der Waals surface area contributed by atoms with Gasteiger partial charge in [0.2, 0.25) is 0 Å². The third-order valence-electron chi connectivity index (χ3n) is 5.74. The first-order valence-electron chi connectivity index (χ1n) is 9.99. The van der Waals surface area contributed by atoms with E-state index < -0.39 is 5.97 Å². The number of carbonyl (C=O) groups is 1. The summed E-state index contributed by atoms with van der Waals surface area (Å²) < 4.78 is 14.0. The van der Waals surface area contributed by atoms with E-state index in [1.54, 1.807) is 12.1 Å². The molecule has 1 aliphatic heterocycles. The van der Waals surface area contributed by atoms with Crippen molar-refractivity contribution in [2.24, 2.45) is 5.92 Å². The maximum Gasteiger partial charge on any atom is 0.306 e. The van der Waals surface area contributed by atoms with Gasteiger partial charge in [0, 0.05) is 0 Å². The second-order valence-corrected chi connectivity index (χ2v) is 7.59. The molecule has 3 nitrogen and oxygen atoms in total. The van der Waals surface area contributed by atoms with Crippen LogP contribution in [0.25, 0.3) is 11.1 Å².